The van der Waals surface area contributed by atoms with E-state index in [4.69, 9.17) is 15.2 Å². The molecule has 6 nitrogen and oxygen atoms in total. The number of ether oxygens (including phenoxy) is 2. The third-order valence-corrected chi connectivity index (χ3v) is 2.52. The van der Waals surface area contributed by atoms with Crippen LogP contribution in [-0.2, 0) is 6.54 Å². The predicted octanol–water partition coefficient (Wildman–Crippen LogP) is 1.70. The number of hydrogen-bond acceptors (Lipinski definition) is 6. The molecule has 0 bridgehead atoms. The Hall–Kier alpha value is -2.34. The smallest absolute Gasteiger partial charge is 0.233 e. The van der Waals surface area contributed by atoms with Gasteiger partial charge in [0.1, 0.15) is 0 Å². The van der Waals surface area contributed by atoms with Crippen molar-refractivity contribution in [2.45, 2.75) is 6.54 Å². The molecule has 0 amide bonds. The van der Waals surface area contributed by atoms with E-state index in [-0.39, 0.29) is 0 Å². The fourth-order valence-electron chi connectivity index (χ4n) is 1.57. The average Bonchev–Trinajstić information content (AvgIpc) is 2.47. The van der Waals surface area contributed by atoms with E-state index < -0.39 is 0 Å². The van der Waals surface area contributed by atoms with Crippen molar-refractivity contribution in [3.63, 3.8) is 0 Å². The Morgan fingerprint density at radius 3 is 2.37 bits per heavy atom. The number of nitrogens with two attached hydrogens (primary N) is 1. The molecular weight excluding hydrogens is 244 g/mol. The zero-order valence-corrected chi connectivity index (χ0v) is 10.9. The zero-order valence-electron chi connectivity index (χ0n) is 10.9. The molecule has 1 aromatic heterocycles. The molecule has 0 aliphatic rings. The van der Waals surface area contributed by atoms with Crippen molar-refractivity contribution < 1.29 is 9.47 Å². The molecule has 19 heavy (non-hydrogen) atoms. The first-order chi connectivity index (χ1) is 9.25. The van der Waals surface area contributed by atoms with Crippen molar-refractivity contribution in [1.29, 1.82) is 0 Å². The fourth-order valence-corrected chi connectivity index (χ4v) is 1.57. The fraction of sp³-hybridized carbons (Fsp3) is 0.231. The summed E-state index contributed by atoms with van der Waals surface area (Å²) in [5.74, 6) is 1.28. The van der Waals surface area contributed by atoms with E-state index in [0.717, 1.165) is 11.3 Å². The Kier molecular flexibility index (Phi) is 4.15. The second kappa shape index (κ2) is 6.01. The Bertz CT molecular complexity index is 538. The maximum Gasteiger partial charge on any atom is 0.233 e. The lowest BCUT2D eigenvalue weighted by Crippen LogP contribution is -2.02. The molecule has 0 radical (unpaired) electrons. The maximum atomic E-state index is 5.60. The SMILES string of the molecule is COc1cc(OC)nc(Nc2cccc(CN)c2)n1. The number of benzene rings is 1. The first-order valence-corrected chi connectivity index (χ1v) is 5.78. The molecule has 0 saturated carbocycles. The topological polar surface area (TPSA) is 82.3 Å². The Balaban J connectivity index is 2.26. The van der Waals surface area contributed by atoms with E-state index in [1.165, 1.54) is 0 Å². The lowest BCUT2D eigenvalue weighted by Gasteiger charge is -2.09. The molecule has 0 fully saturated rings. The first kappa shape index (κ1) is 13.1. The van der Waals surface area contributed by atoms with Gasteiger partial charge in [-0.2, -0.15) is 9.97 Å². The molecule has 6 heteroatoms. The summed E-state index contributed by atoms with van der Waals surface area (Å²) in [7, 11) is 3.08. The highest BCUT2D eigenvalue weighted by Gasteiger charge is 2.05. The van der Waals surface area contributed by atoms with Crippen LogP contribution in [0.25, 0.3) is 0 Å². The van der Waals surface area contributed by atoms with Gasteiger partial charge >= 0.3 is 0 Å². The van der Waals surface area contributed by atoms with E-state index in [0.29, 0.717) is 24.3 Å². The van der Waals surface area contributed by atoms with Gasteiger partial charge in [-0.3, -0.25) is 0 Å². The molecule has 1 aromatic carbocycles. The largest absolute Gasteiger partial charge is 0.481 e. The van der Waals surface area contributed by atoms with Crippen LogP contribution < -0.4 is 20.5 Å². The minimum Gasteiger partial charge on any atom is -0.481 e. The van der Waals surface area contributed by atoms with Gasteiger partial charge in [-0.05, 0) is 17.7 Å². The predicted molar refractivity (Wildman–Crippen MR) is 72.8 cm³/mol. The standard InChI is InChI=1S/C13H16N4O2/c1-18-11-7-12(19-2)17-13(16-11)15-10-5-3-4-9(6-10)8-14/h3-7H,8,14H2,1-2H3,(H,15,16,17). The molecular formula is C13H16N4O2. The van der Waals surface area contributed by atoms with Crippen LogP contribution in [0.2, 0.25) is 0 Å². The van der Waals surface area contributed by atoms with Crippen molar-refractivity contribution in [3.8, 4) is 11.8 Å². The molecule has 0 spiro atoms. The van der Waals surface area contributed by atoms with Crippen LogP contribution in [0.3, 0.4) is 0 Å². The molecule has 100 valence electrons. The van der Waals surface area contributed by atoms with Gasteiger partial charge in [0.05, 0.1) is 20.3 Å². The maximum absolute atomic E-state index is 5.60. The van der Waals surface area contributed by atoms with Crippen molar-refractivity contribution in [2.24, 2.45) is 5.73 Å². The molecule has 0 saturated heterocycles. The number of hydrogen-bond donors (Lipinski definition) is 2. The van der Waals surface area contributed by atoms with Gasteiger partial charge in [0.15, 0.2) is 0 Å². The number of methoxy groups -OCH3 is 2. The third-order valence-electron chi connectivity index (χ3n) is 2.52. The van der Waals surface area contributed by atoms with Crippen LogP contribution in [0.4, 0.5) is 11.6 Å². The van der Waals surface area contributed by atoms with Crippen molar-refractivity contribution in [3.05, 3.63) is 35.9 Å². The molecule has 0 aliphatic heterocycles. The van der Waals surface area contributed by atoms with Gasteiger partial charge in [-0.15, -0.1) is 0 Å². The second-order valence-corrected chi connectivity index (χ2v) is 3.81. The number of aromatic nitrogens is 2. The van der Waals surface area contributed by atoms with Crippen LogP contribution in [0.5, 0.6) is 11.8 Å². The summed E-state index contributed by atoms with van der Waals surface area (Å²) >= 11 is 0. The van der Waals surface area contributed by atoms with E-state index in [1.807, 2.05) is 24.3 Å². The number of nitrogens with zero attached hydrogens (tertiary/aromatic N) is 2. The van der Waals surface area contributed by atoms with Crippen LogP contribution >= 0.6 is 0 Å². The summed E-state index contributed by atoms with van der Waals surface area (Å²) in [5, 5.41) is 3.09. The lowest BCUT2D eigenvalue weighted by atomic mass is 10.2. The minimum absolute atomic E-state index is 0.408. The van der Waals surface area contributed by atoms with Crippen LogP contribution in [0, 0.1) is 0 Å². The van der Waals surface area contributed by atoms with Gasteiger partial charge in [0.2, 0.25) is 17.7 Å². The van der Waals surface area contributed by atoms with Crippen LogP contribution in [-0.4, -0.2) is 24.2 Å². The second-order valence-electron chi connectivity index (χ2n) is 3.81. The van der Waals surface area contributed by atoms with Gasteiger partial charge in [-0.1, -0.05) is 12.1 Å². The summed E-state index contributed by atoms with van der Waals surface area (Å²) in [6.45, 7) is 0.484. The normalized spacial score (nSPS) is 10.1. The molecule has 2 aromatic rings. The van der Waals surface area contributed by atoms with Crippen LogP contribution in [0.15, 0.2) is 30.3 Å². The summed E-state index contributed by atoms with van der Waals surface area (Å²) in [5.41, 5.74) is 7.49. The van der Waals surface area contributed by atoms with Gasteiger partial charge < -0.3 is 20.5 Å². The molecule has 0 unspecified atom stereocenters. The summed E-state index contributed by atoms with van der Waals surface area (Å²) in [4.78, 5) is 8.39. The average molecular weight is 260 g/mol. The van der Waals surface area contributed by atoms with E-state index in [1.54, 1.807) is 20.3 Å². The van der Waals surface area contributed by atoms with Gasteiger partial charge in [0, 0.05) is 12.2 Å². The van der Waals surface area contributed by atoms with E-state index in [9.17, 15) is 0 Å². The van der Waals surface area contributed by atoms with Crippen molar-refractivity contribution >= 4 is 11.6 Å². The lowest BCUT2D eigenvalue weighted by molar-refractivity contribution is 0.373. The summed E-state index contributed by atoms with van der Waals surface area (Å²) in [6.07, 6.45) is 0. The molecule has 2 rings (SSSR count). The quantitative estimate of drug-likeness (QED) is 0.851. The van der Waals surface area contributed by atoms with Crippen LogP contribution in [0.1, 0.15) is 5.56 Å². The highest BCUT2D eigenvalue weighted by atomic mass is 16.5. The Morgan fingerprint density at radius 2 is 1.79 bits per heavy atom. The van der Waals surface area contributed by atoms with E-state index >= 15 is 0 Å². The molecule has 0 atom stereocenters. The van der Waals surface area contributed by atoms with Crippen molar-refractivity contribution in [2.75, 3.05) is 19.5 Å². The minimum atomic E-state index is 0.408. The number of rotatable bonds is 5. The Morgan fingerprint density at radius 1 is 1.11 bits per heavy atom. The molecule has 0 aliphatic carbocycles. The highest BCUT2D eigenvalue weighted by Crippen LogP contribution is 2.20. The molecule has 1 heterocycles. The summed E-state index contributed by atoms with van der Waals surface area (Å²) in [6, 6.07) is 9.34. The number of anilines is 2. The number of nitrogens with one attached hydrogen (secondary N) is 1. The summed E-state index contributed by atoms with van der Waals surface area (Å²) < 4.78 is 10.2. The van der Waals surface area contributed by atoms with E-state index in [2.05, 4.69) is 15.3 Å². The molecule has 3 N–H and O–H groups in total. The monoisotopic (exact) mass is 260 g/mol. The van der Waals surface area contributed by atoms with Crippen molar-refractivity contribution in [1.82, 2.24) is 9.97 Å². The zero-order chi connectivity index (χ0) is 13.7. The Labute approximate surface area is 111 Å². The highest BCUT2D eigenvalue weighted by molar-refractivity contribution is 5.55. The van der Waals surface area contributed by atoms with Gasteiger partial charge in [-0.25, -0.2) is 0 Å². The third kappa shape index (κ3) is 3.32. The van der Waals surface area contributed by atoms with Gasteiger partial charge in [0.25, 0.3) is 0 Å². The first-order valence-electron chi connectivity index (χ1n) is 5.78.